The Morgan fingerprint density at radius 1 is 0.671 bits per heavy atom. The summed E-state index contributed by atoms with van der Waals surface area (Å²) >= 11 is 0. The van der Waals surface area contributed by atoms with E-state index in [1.807, 2.05) is 14.1 Å². The first kappa shape index (κ1) is 55.0. The van der Waals surface area contributed by atoms with E-state index in [2.05, 4.69) is 15.9 Å². The second-order valence-corrected chi connectivity index (χ2v) is 18.0. The summed E-state index contributed by atoms with van der Waals surface area (Å²) in [7, 11) is 3.82. The standard InChI is InChI=1S/C53H58F6N8O6/c1-6-73-49(70)45-35(3)67(43-16-10-14-40(32-43)53(57,58)59)51(72)65(47(45)37-19-17-36(33-60)18-20-37)30-12-28-63(5)26-8-7-25-62(4)27-11-29-64-46(38-21-23-41(61)24-22-38)44(48(68)69)34(2)66(50(64)71)42-15-9-13-39(31-42)52(54,55)56/h9-10,13-24,31-32,46-47H,6-8,11-12,25-30,61H2,1-5H3,(H,68,69)/t46-,47-/m1/s1. The largest absolute Gasteiger partial charge is 0.478 e. The smallest absolute Gasteiger partial charge is 0.416 e. The van der Waals surface area contributed by atoms with Gasteiger partial charge < -0.3 is 35.2 Å². The van der Waals surface area contributed by atoms with E-state index in [4.69, 9.17) is 10.5 Å². The molecule has 4 amide bonds. The summed E-state index contributed by atoms with van der Waals surface area (Å²) in [6.07, 6.45) is -7.07. The van der Waals surface area contributed by atoms with Gasteiger partial charge in [0.05, 0.1) is 64.0 Å². The molecule has 4 aromatic rings. The number of ether oxygens (including phenoxy) is 1. The van der Waals surface area contributed by atoms with E-state index in [1.54, 1.807) is 55.5 Å². The van der Waals surface area contributed by atoms with Crippen molar-refractivity contribution in [3.05, 3.63) is 147 Å². The van der Waals surface area contributed by atoms with Gasteiger partial charge in [-0.3, -0.25) is 9.80 Å². The van der Waals surface area contributed by atoms with Gasteiger partial charge in [0.25, 0.3) is 0 Å². The number of alkyl halides is 6. The maximum absolute atomic E-state index is 14.6. The van der Waals surface area contributed by atoms with Crippen LogP contribution in [0.2, 0.25) is 0 Å². The number of allylic oxidation sites excluding steroid dienone is 2. The van der Waals surface area contributed by atoms with Gasteiger partial charge in [-0.25, -0.2) is 19.2 Å². The highest BCUT2D eigenvalue weighted by atomic mass is 19.4. The molecular formula is C53H58F6N8O6. The lowest BCUT2D eigenvalue weighted by Gasteiger charge is -2.43. The van der Waals surface area contributed by atoms with E-state index in [-0.39, 0.29) is 53.6 Å². The molecule has 0 saturated heterocycles. The molecule has 0 saturated carbocycles. The molecule has 14 nitrogen and oxygen atoms in total. The summed E-state index contributed by atoms with van der Waals surface area (Å²) in [6, 6.07) is 20.0. The van der Waals surface area contributed by atoms with Gasteiger partial charge in [-0.2, -0.15) is 31.6 Å². The zero-order chi connectivity index (χ0) is 53.4. The Labute approximate surface area is 420 Å². The number of carboxylic acids is 1. The molecule has 0 spiro atoms. The number of carbonyl (C=O) groups excluding carboxylic acids is 3. The van der Waals surface area contributed by atoms with Gasteiger partial charge in [-0.05, 0) is 159 Å². The lowest BCUT2D eigenvalue weighted by molar-refractivity contribution is -0.140. The second-order valence-electron chi connectivity index (χ2n) is 18.0. The summed E-state index contributed by atoms with van der Waals surface area (Å²) < 4.78 is 88.5. The van der Waals surface area contributed by atoms with Crippen molar-refractivity contribution < 1.29 is 55.4 Å². The first-order valence-electron chi connectivity index (χ1n) is 23.7. The van der Waals surface area contributed by atoms with Crippen LogP contribution >= 0.6 is 0 Å². The van der Waals surface area contributed by atoms with E-state index >= 15 is 0 Å². The summed E-state index contributed by atoms with van der Waals surface area (Å²) in [5.41, 5.74) is 5.52. The number of carbonyl (C=O) groups is 4. The molecule has 6 rings (SSSR count). The zero-order valence-corrected chi connectivity index (χ0v) is 41.1. The number of esters is 1. The number of nitrogens with two attached hydrogens (primary N) is 1. The highest BCUT2D eigenvalue weighted by molar-refractivity contribution is 6.04. The number of carboxylic acid groups (broad SMARTS) is 1. The van der Waals surface area contributed by atoms with Crippen LogP contribution in [0.4, 0.5) is 53.0 Å². The highest BCUT2D eigenvalue weighted by Crippen LogP contribution is 2.43. The fourth-order valence-corrected chi connectivity index (χ4v) is 9.27. The fraction of sp³-hybridized carbons (Fsp3) is 0.377. The molecule has 2 atom stereocenters. The minimum Gasteiger partial charge on any atom is -0.478 e. The molecule has 0 fully saturated rings. The first-order valence-corrected chi connectivity index (χ1v) is 23.7. The summed E-state index contributed by atoms with van der Waals surface area (Å²) in [5.74, 6) is -2.08. The fourth-order valence-electron chi connectivity index (χ4n) is 9.27. The van der Waals surface area contributed by atoms with Crippen molar-refractivity contribution in [1.82, 2.24) is 19.6 Å². The van der Waals surface area contributed by atoms with Crippen LogP contribution in [-0.4, -0.2) is 109 Å². The Bertz CT molecular complexity index is 2760. The summed E-state index contributed by atoms with van der Waals surface area (Å²) in [4.78, 5) is 64.7. The molecule has 0 aromatic heterocycles. The third kappa shape index (κ3) is 12.8. The van der Waals surface area contributed by atoms with Crippen molar-refractivity contribution >= 4 is 41.1 Å². The van der Waals surface area contributed by atoms with Crippen LogP contribution in [0.5, 0.6) is 0 Å². The Hall–Kier alpha value is -7.37. The molecule has 2 aliphatic heterocycles. The molecule has 0 bridgehead atoms. The molecule has 2 aliphatic rings. The number of unbranched alkanes of at least 4 members (excludes halogenated alkanes) is 1. The SMILES string of the molecule is CCOC(=O)C1=C(C)N(c2cccc(C(F)(F)F)c2)C(=O)N(CCCN(C)CCCCN(C)CCCN2C(=O)N(c3cccc(C(F)(F)F)c3)C(C)=C(C(=O)O)[C@H]2c2ccc(N)cc2)[C@@H]1c1ccc(C#N)cc1. The minimum absolute atomic E-state index is 0.00000946. The zero-order valence-electron chi connectivity index (χ0n) is 41.1. The number of benzene rings is 4. The molecule has 73 heavy (non-hydrogen) atoms. The number of halogens is 6. The van der Waals surface area contributed by atoms with Crippen LogP contribution in [0.15, 0.2) is 120 Å². The van der Waals surface area contributed by atoms with Crippen molar-refractivity contribution in [2.75, 3.05) is 75.5 Å². The molecule has 388 valence electrons. The number of hydrogen-bond donors (Lipinski definition) is 2. The van der Waals surface area contributed by atoms with E-state index < -0.39 is 59.6 Å². The number of nitrogens with zero attached hydrogens (tertiary/aromatic N) is 7. The first-order chi connectivity index (χ1) is 34.6. The van der Waals surface area contributed by atoms with Gasteiger partial charge in [0.15, 0.2) is 0 Å². The van der Waals surface area contributed by atoms with Crippen molar-refractivity contribution in [2.24, 2.45) is 0 Å². The number of amides is 4. The maximum Gasteiger partial charge on any atom is 0.416 e. The molecule has 0 radical (unpaired) electrons. The van der Waals surface area contributed by atoms with E-state index in [0.29, 0.717) is 61.4 Å². The van der Waals surface area contributed by atoms with Crippen LogP contribution < -0.4 is 15.5 Å². The normalized spacial score (nSPS) is 16.8. The molecule has 3 N–H and O–H groups in total. The predicted octanol–water partition coefficient (Wildman–Crippen LogP) is 10.5. The van der Waals surface area contributed by atoms with Crippen LogP contribution in [0, 0.1) is 11.3 Å². The summed E-state index contributed by atoms with van der Waals surface area (Å²) in [6.45, 7) is 6.99. The van der Waals surface area contributed by atoms with Crippen molar-refractivity contribution in [3.8, 4) is 6.07 Å². The number of urea groups is 2. The van der Waals surface area contributed by atoms with E-state index in [1.165, 1.54) is 47.9 Å². The maximum atomic E-state index is 14.6. The predicted molar refractivity (Wildman–Crippen MR) is 263 cm³/mol. The van der Waals surface area contributed by atoms with Gasteiger partial charge in [0.2, 0.25) is 0 Å². The van der Waals surface area contributed by atoms with Crippen molar-refractivity contribution in [1.29, 1.82) is 5.26 Å². The number of rotatable bonds is 20. The molecule has 2 heterocycles. The van der Waals surface area contributed by atoms with Gasteiger partial charge >= 0.3 is 36.4 Å². The lowest BCUT2D eigenvalue weighted by atomic mass is 9.92. The molecule has 20 heteroatoms. The van der Waals surface area contributed by atoms with Crippen LogP contribution in [0.3, 0.4) is 0 Å². The van der Waals surface area contributed by atoms with Gasteiger partial charge in [0, 0.05) is 30.2 Å². The molecule has 0 aliphatic carbocycles. The van der Waals surface area contributed by atoms with E-state index in [9.17, 15) is 55.9 Å². The Morgan fingerprint density at radius 3 is 1.49 bits per heavy atom. The van der Waals surface area contributed by atoms with Crippen LogP contribution in [0.1, 0.15) is 86.4 Å². The summed E-state index contributed by atoms with van der Waals surface area (Å²) in [5, 5.41) is 20.0. The average Bonchev–Trinajstić information content (AvgIpc) is 3.34. The quantitative estimate of drug-likeness (QED) is 0.0376. The molecule has 0 unspecified atom stereocenters. The second kappa shape index (κ2) is 23.5. The Morgan fingerprint density at radius 2 is 1.08 bits per heavy atom. The van der Waals surface area contributed by atoms with Crippen LogP contribution in [-0.2, 0) is 26.7 Å². The third-order valence-electron chi connectivity index (χ3n) is 12.9. The minimum atomic E-state index is -4.70. The monoisotopic (exact) mass is 1020 g/mol. The third-order valence-corrected chi connectivity index (χ3v) is 12.9. The van der Waals surface area contributed by atoms with E-state index in [0.717, 1.165) is 46.9 Å². The number of anilines is 3. The Balaban J connectivity index is 1.10. The van der Waals surface area contributed by atoms with Crippen molar-refractivity contribution in [2.45, 2.75) is 70.9 Å². The lowest BCUT2D eigenvalue weighted by Crippen LogP contribution is -2.51. The number of hydrogen-bond acceptors (Lipinski definition) is 9. The van der Waals surface area contributed by atoms with Crippen LogP contribution in [0.25, 0.3) is 0 Å². The van der Waals surface area contributed by atoms with Crippen molar-refractivity contribution in [3.63, 3.8) is 0 Å². The highest BCUT2D eigenvalue weighted by Gasteiger charge is 2.45. The Kier molecular flexibility index (Phi) is 17.7. The van der Waals surface area contributed by atoms with Gasteiger partial charge in [0.1, 0.15) is 0 Å². The molecular weight excluding hydrogens is 959 g/mol. The topological polar surface area (TPSA) is 167 Å². The number of aliphatic carboxylic acids is 1. The van der Waals surface area contributed by atoms with Gasteiger partial charge in [-0.1, -0.05) is 36.4 Å². The number of nitrogen functional groups attached to an aromatic ring is 1. The molecule has 4 aromatic carbocycles. The number of nitriles is 1. The average molecular weight is 1020 g/mol. The van der Waals surface area contributed by atoms with Gasteiger partial charge in [-0.15, -0.1) is 0 Å².